The van der Waals surface area contributed by atoms with Crippen molar-refractivity contribution in [1.82, 2.24) is 0 Å². The van der Waals surface area contributed by atoms with Crippen LogP contribution in [0, 0.1) is 5.92 Å². The molecule has 2 heteroatoms. The van der Waals surface area contributed by atoms with Gasteiger partial charge in [-0.3, -0.25) is 0 Å². The summed E-state index contributed by atoms with van der Waals surface area (Å²) in [5.41, 5.74) is 0.113. The Kier molecular flexibility index (Phi) is 4.21. The molecule has 0 fully saturated rings. The molecule has 0 bridgehead atoms. The van der Waals surface area contributed by atoms with Crippen LogP contribution in [-0.4, -0.2) is 16.1 Å². The molecule has 0 heterocycles. The van der Waals surface area contributed by atoms with Crippen LogP contribution >= 0.6 is 0 Å². The molecule has 0 N–H and O–H groups in total. The van der Waals surface area contributed by atoms with E-state index < -0.39 is 0 Å². The maximum absolute atomic E-state index is 5.49. The van der Waals surface area contributed by atoms with Crippen LogP contribution in [0.5, 0.6) is 0 Å². The molecule has 0 rings (SSSR count). The Morgan fingerprint density at radius 2 is 2.00 bits per heavy atom. The van der Waals surface area contributed by atoms with Gasteiger partial charge in [0.15, 0.2) is 0 Å². The molecule has 62 valence electrons. The monoisotopic (exact) mass is 160 g/mol. The highest BCUT2D eigenvalue weighted by atomic mass is 28.2. The fraction of sp³-hybridized carbons (Fsp3) is 1.00. The van der Waals surface area contributed by atoms with Crippen molar-refractivity contribution in [2.45, 2.75) is 46.1 Å². The van der Waals surface area contributed by atoms with Crippen LogP contribution < -0.4 is 0 Å². The molecule has 1 atom stereocenters. The standard InChI is InChI=1S/C8H20OSi/c1-5-6-7(2)8(3,4)9-10/h7H,5-6H2,1-4,10H3. The minimum absolute atomic E-state index is 0.113. The lowest BCUT2D eigenvalue weighted by atomic mass is 9.89. The number of rotatable bonds is 4. The van der Waals surface area contributed by atoms with E-state index in [2.05, 4.69) is 27.7 Å². The largest absolute Gasteiger partial charge is 0.423 e. The normalized spacial score (nSPS) is 15.6. The van der Waals surface area contributed by atoms with Gasteiger partial charge in [-0.15, -0.1) is 0 Å². The summed E-state index contributed by atoms with van der Waals surface area (Å²) in [7, 11) is 0.852. The summed E-state index contributed by atoms with van der Waals surface area (Å²) in [6.07, 6.45) is 2.53. The zero-order valence-electron chi connectivity index (χ0n) is 7.90. The molecule has 0 saturated heterocycles. The van der Waals surface area contributed by atoms with E-state index >= 15 is 0 Å². The van der Waals surface area contributed by atoms with Crippen LogP contribution in [0.15, 0.2) is 0 Å². The predicted octanol–water partition coefficient (Wildman–Crippen LogP) is 1.50. The van der Waals surface area contributed by atoms with E-state index in [-0.39, 0.29) is 5.60 Å². The summed E-state index contributed by atoms with van der Waals surface area (Å²) < 4.78 is 5.49. The molecule has 0 aliphatic carbocycles. The highest BCUT2D eigenvalue weighted by Crippen LogP contribution is 2.23. The molecular formula is C8H20OSi. The quantitative estimate of drug-likeness (QED) is 0.566. The van der Waals surface area contributed by atoms with Crippen LogP contribution in [0.2, 0.25) is 0 Å². The molecule has 0 aromatic carbocycles. The van der Waals surface area contributed by atoms with Crippen molar-refractivity contribution in [1.29, 1.82) is 0 Å². The molecule has 0 aromatic heterocycles. The summed E-state index contributed by atoms with van der Waals surface area (Å²) in [5, 5.41) is 0. The SMILES string of the molecule is CCCC(C)C(C)(C)O[SiH3]. The Labute approximate surface area is 67.7 Å². The molecule has 0 aliphatic heterocycles. The van der Waals surface area contributed by atoms with Gasteiger partial charge in [0.25, 0.3) is 0 Å². The second kappa shape index (κ2) is 4.14. The van der Waals surface area contributed by atoms with Gasteiger partial charge >= 0.3 is 0 Å². The van der Waals surface area contributed by atoms with Crippen molar-refractivity contribution in [3.63, 3.8) is 0 Å². The van der Waals surface area contributed by atoms with E-state index in [1.54, 1.807) is 0 Å². The molecule has 10 heavy (non-hydrogen) atoms. The first-order chi connectivity index (χ1) is 4.54. The first-order valence-corrected chi connectivity index (χ1v) is 4.91. The average molecular weight is 160 g/mol. The fourth-order valence-corrected chi connectivity index (χ4v) is 1.38. The lowest BCUT2D eigenvalue weighted by Crippen LogP contribution is -2.31. The molecule has 0 amide bonds. The van der Waals surface area contributed by atoms with E-state index in [1.165, 1.54) is 12.8 Å². The van der Waals surface area contributed by atoms with Crippen LogP contribution in [0.25, 0.3) is 0 Å². The van der Waals surface area contributed by atoms with E-state index in [0.717, 1.165) is 10.5 Å². The lowest BCUT2D eigenvalue weighted by Gasteiger charge is -2.30. The maximum atomic E-state index is 5.49. The Morgan fingerprint density at radius 3 is 2.30 bits per heavy atom. The smallest absolute Gasteiger partial charge is 0.146 e. The summed E-state index contributed by atoms with van der Waals surface area (Å²) in [6.45, 7) is 8.85. The van der Waals surface area contributed by atoms with Crippen LogP contribution in [0.1, 0.15) is 40.5 Å². The molecule has 1 nitrogen and oxygen atoms in total. The summed E-state index contributed by atoms with van der Waals surface area (Å²) in [5.74, 6) is 0.690. The van der Waals surface area contributed by atoms with Crippen molar-refractivity contribution in [3.8, 4) is 0 Å². The van der Waals surface area contributed by atoms with Gasteiger partial charge in [0.05, 0.1) is 5.60 Å². The van der Waals surface area contributed by atoms with Crippen molar-refractivity contribution in [2.75, 3.05) is 0 Å². The van der Waals surface area contributed by atoms with E-state index in [0.29, 0.717) is 5.92 Å². The summed E-state index contributed by atoms with van der Waals surface area (Å²) in [6, 6.07) is 0. The molecule has 0 spiro atoms. The summed E-state index contributed by atoms with van der Waals surface area (Å²) >= 11 is 0. The number of hydrogen-bond donors (Lipinski definition) is 0. The van der Waals surface area contributed by atoms with Crippen molar-refractivity contribution >= 4 is 10.5 Å². The third-order valence-electron chi connectivity index (χ3n) is 2.43. The predicted molar refractivity (Wildman–Crippen MR) is 49.2 cm³/mol. The van der Waals surface area contributed by atoms with Gasteiger partial charge in [-0.1, -0.05) is 20.3 Å². The molecule has 0 radical (unpaired) electrons. The average Bonchev–Trinajstić information content (AvgIpc) is 1.89. The topological polar surface area (TPSA) is 9.23 Å². The van der Waals surface area contributed by atoms with Crippen LogP contribution in [0.3, 0.4) is 0 Å². The van der Waals surface area contributed by atoms with Crippen LogP contribution in [0.4, 0.5) is 0 Å². The van der Waals surface area contributed by atoms with Gasteiger partial charge in [0.1, 0.15) is 10.5 Å². The molecule has 0 saturated carbocycles. The second-order valence-electron chi connectivity index (χ2n) is 3.50. The van der Waals surface area contributed by atoms with Crippen LogP contribution in [-0.2, 0) is 4.43 Å². The van der Waals surface area contributed by atoms with E-state index in [9.17, 15) is 0 Å². The lowest BCUT2D eigenvalue weighted by molar-refractivity contribution is 0.0572. The molecule has 1 unspecified atom stereocenters. The molecule has 0 aliphatic rings. The van der Waals surface area contributed by atoms with Gasteiger partial charge < -0.3 is 4.43 Å². The minimum atomic E-state index is 0.113. The van der Waals surface area contributed by atoms with Crippen molar-refractivity contribution in [2.24, 2.45) is 5.92 Å². The number of hydrogen-bond acceptors (Lipinski definition) is 1. The van der Waals surface area contributed by atoms with Gasteiger partial charge in [-0.2, -0.15) is 0 Å². The molecule has 0 aromatic rings. The maximum Gasteiger partial charge on any atom is 0.146 e. The third-order valence-corrected chi connectivity index (χ3v) is 3.49. The zero-order valence-corrected chi connectivity index (χ0v) is 9.90. The Hall–Kier alpha value is 0.177. The Bertz CT molecular complexity index is 91.3. The zero-order chi connectivity index (χ0) is 8.20. The highest BCUT2D eigenvalue weighted by Gasteiger charge is 2.23. The first kappa shape index (κ1) is 10.2. The summed E-state index contributed by atoms with van der Waals surface area (Å²) in [4.78, 5) is 0. The second-order valence-corrected chi connectivity index (χ2v) is 3.91. The Morgan fingerprint density at radius 1 is 1.50 bits per heavy atom. The van der Waals surface area contributed by atoms with Crippen molar-refractivity contribution in [3.05, 3.63) is 0 Å². The van der Waals surface area contributed by atoms with E-state index in [4.69, 9.17) is 4.43 Å². The third kappa shape index (κ3) is 2.84. The molecular weight excluding hydrogens is 140 g/mol. The minimum Gasteiger partial charge on any atom is -0.423 e. The highest BCUT2D eigenvalue weighted by molar-refractivity contribution is 5.98. The van der Waals surface area contributed by atoms with Gasteiger partial charge in [0, 0.05) is 0 Å². The van der Waals surface area contributed by atoms with Gasteiger partial charge in [0.2, 0.25) is 0 Å². The first-order valence-electron chi connectivity index (χ1n) is 4.09. The fourth-order valence-electron chi connectivity index (χ4n) is 0.982. The van der Waals surface area contributed by atoms with E-state index in [1.807, 2.05) is 0 Å². The van der Waals surface area contributed by atoms with Gasteiger partial charge in [-0.05, 0) is 26.2 Å². The van der Waals surface area contributed by atoms with Crippen molar-refractivity contribution < 1.29 is 4.43 Å². The Balaban J connectivity index is 3.78. The van der Waals surface area contributed by atoms with Gasteiger partial charge in [-0.25, -0.2) is 0 Å².